The van der Waals surface area contributed by atoms with E-state index in [0.717, 1.165) is 41.3 Å². The summed E-state index contributed by atoms with van der Waals surface area (Å²) in [5.74, 6) is 1.49. The largest absolute Gasteiger partial charge is 0.444 e. The Labute approximate surface area is 133 Å². The van der Waals surface area contributed by atoms with E-state index in [4.69, 9.17) is 4.42 Å². The molecule has 6 heteroatoms. The first-order chi connectivity index (χ1) is 10.8. The highest BCUT2D eigenvalue weighted by atomic mass is 32.2. The molecule has 0 spiro atoms. The fourth-order valence-electron chi connectivity index (χ4n) is 2.38. The number of carbonyl (C=O) groups excluding carboxylic acids is 1. The van der Waals surface area contributed by atoms with E-state index in [1.165, 1.54) is 0 Å². The summed E-state index contributed by atoms with van der Waals surface area (Å²) in [7, 11) is 0. The Bertz CT molecular complexity index is 656. The van der Waals surface area contributed by atoms with Crippen LogP contribution in [0.2, 0.25) is 0 Å². The summed E-state index contributed by atoms with van der Waals surface area (Å²) < 4.78 is 5.43. The van der Waals surface area contributed by atoms with Crippen molar-refractivity contribution >= 4 is 23.4 Å². The normalized spacial score (nSPS) is 13.3. The second kappa shape index (κ2) is 6.87. The van der Waals surface area contributed by atoms with Crippen LogP contribution in [-0.2, 0) is 0 Å². The van der Waals surface area contributed by atoms with Crippen LogP contribution in [0.5, 0.6) is 0 Å². The number of thioether (sulfide) groups is 1. The number of rotatable bonds is 5. The van der Waals surface area contributed by atoms with Crippen molar-refractivity contribution in [1.29, 1.82) is 0 Å². The van der Waals surface area contributed by atoms with Crippen LogP contribution in [0.15, 0.2) is 33.9 Å². The quantitative estimate of drug-likeness (QED) is 0.827. The van der Waals surface area contributed by atoms with Gasteiger partial charge in [0.15, 0.2) is 0 Å². The van der Waals surface area contributed by atoms with Gasteiger partial charge in [-0.15, -0.1) is 11.8 Å². The second-order valence-electron chi connectivity index (χ2n) is 5.12. The third-order valence-corrected chi connectivity index (χ3v) is 4.63. The monoisotopic (exact) mass is 317 g/mol. The van der Waals surface area contributed by atoms with Gasteiger partial charge in [0.2, 0.25) is 5.89 Å². The first kappa shape index (κ1) is 15.0. The second-order valence-corrected chi connectivity index (χ2v) is 6.23. The van der Waals surface area contributed by atoms with E-state index in [1.54, 1.807) is 24.2 Å². The van der Waals surface area contributed by atoms with Gasteiger partial charge in [0.1, 0.15) is 6.26 Å². The minimum Gasteiger partial charge on any atom is -0.444 e. The highest BCUT2D eigenvalue weighted by molar-refractivity contribution is 7.99. The number of aromatic nitrogens is 1. The minimum atomic E-state index is -0.0542. The predicted octanol–water partition coefficient (Wildman–Crippen LogP) is 3.39. The van der Waals surface area contributed by atoms with Crippen LogP contribution < -0.4 is 10.6 Å². The van der Waals surface area contributed by atoms with Crippen molar-refractivity contribution < 1.29 is 9.21 Å². The maximum atomic E-state index is 12.3. The Morgan fingerprint density at radius 3 is 3.18 bits per heavy atom. The van der Waals surface area contributed by atoms with Gasteiger partial charge in [-0.25, -0.2) is 4.98 Å². The van der Waals surface area contributed by atoms with Gasteiger partial charge in [0.05, 0.1) is 11.8 Å². The number of hydrogen-bond donors (Lipinski definition) is 2. The minimum absolute atomic E-state index is 0.0542. The van der Waals surface area contributed by atoms with E-state index in [0.29, 0.717) is 18.0 Å². The molecule has 2 heterocycles. The molecule has 22 heavy (non-hydrogen) atoms. The van der Waals surface area contributed by atoms with Gasteiger partial charge in [-0.1, -0.05) is 13.3 Å². The van der Waals surface area contributed by atoms with Gasteiger partial charge < -0.3 is 15.1 Å². The number of hydrogen-bond acceptors (Lipinski definition) is 5. The van der Waals surface area contributed by atoms with E-state index in [9.17, 15) is 4.79 Å². The lowest BCUT2D eigenvalue weighted by Crippen LogP contribution is -2.25. The predicted molar refractivity (Wildman–Crippen MR) is 88.4 cm³/mol. The third-order valence-electron chi connectivity index (χ3n) is 3.49. The molecule has 1 aromatic heterocycles. The zero-order chi connectivity index (χ0) is 15.4. The SMILES string of the molecule is CCCCNC(=O)c1cc2c(c(-c3ncco3)c1)SCCN2. The van der Waals surface area contributed by atoms with Crippen molar-refractivity contribution in [2.24, 2.45) is 0 Å². The summed E-state index contributed by atoms with van der Waals surface area (Å²) in [6.07, 6.45) is 5.22. The fourth-order valence-corrected chi connectivity index (χ4v) is 3.38. The summed E-state index contributed by atoms with van der Waals surface area (Å²) in [5.41, 5.74) is 2.49. The first-order valence-electron chi connectivity index (χ1n) is 7.52. The first-order valence-corrected chi connectivity index (χ1v) is 8.51. The molecule has 1 aliphatic rings. The Kier molecular flexibility index (Phi) is 4.68. The topological polar surface area (TPSA) is 67.2 Å². The summed E-state index contributed by atoms with van der Waals surface area (Å²) in [6, 6.07) is 3.78. The van der Waals surface area contributed by atoms with Crippen LogP contribution in [0.4, 0.5) is 5.69 Å². The van der Waals surface area contributed by atoms with Gasteiger partial charge in [0.25, 0.3) is 5.91 Å². The van der Waals surface area contributed by atoms with Gasteiger partial charge in [-0.05, 0) is 18.6 Å². The molecule has 0 saturated carbocycles. The Balaban J connectivity index is 1.95. The van der Waals surface area contributed by atoms with Crippen LogP contribution in [0.3, 0.4) is 0 Å². The van der Waals surface area contributed by atoms with Gasteiger partial charge in [-0.2, -0.15) is 0 Å². The Hall–Kier alpha value is -1.95. The van der Waals surface area contributed by atoms with Crippen molar-refractivity contribution in [2.45, 2.75) is 24.7 Å². The highest BCUT2D eigenvalue weighted by Crippen LogP contribution is 2.40. The van der Waals surface area contributed by atoms with Crippen molar-refractivity contribution in [3.8, 4) is 11.5 Å². The molecule has 0 fully saturated rings. The number of nitrogens with one attached hydrogen (secondary N) is 2. The third kappa shape index (κ3) is 3.11. The number of benzene rings is 1. The lowest BCUT2D eigenvalue weighted by molar-refractivity contribution is 0.0953. The number of unbranched alkanes of at least 4 members (excludes halogenated alkanes) is 1. The fraction of sp³-hybridized carbons (Fsp3) is 0.375. The molecule has 0 unspecified atom stereocenters. The Morgan fingerprint density at radius 1 is 1.50 bits per heavy atom. The zero-order valence-electron chi connectivity index (χ0n) is 12.5. The molecule has 0 saturated heterocycles. The van der Waals surface area contributed by atoms with E-state index < -0.39 is 0 Å². The number of anilines is 1. The molecule has 5 nitrogen and oxygen atoms in total. The average molecular weight is 317 g/mol. The van der Waals surface area contributed by atoms with E-state index in [1.807, 2.05) is 12.1 Å². The van der Waals surface area contributed by atoms with Crippen molar-refractivity contribution in [2.75, 3.05) is 24.2 Å². The standard InChI is InChI=1S/C16H19N3O2S/c1-2-3-4-18-15(20)11-9-12(16-19-5-7-21-16)14-13(10-11)17-6-8-22-14/h5,7,9-10,17H,2-4,6,8H2,1H3,(H,18,20). The molecule has 3 rings (SSSR count). The van der Waals surface area contributed by atoms with Crippen molar-refractivity contribution in [3.63, 3.8) is 0 Å². The highest BCUT2D eigenvalue weighted by Gasteiger charge is 2.20. The number of oxazole rings is 1. The molecule has 0 aliphatic carbocycles. The summed E-state index contributed by atoms with van der Waals surface area (Å²) in [5, 5.41) is 6.31. The van der Waals surface area contributed by atoms with E-state index >= 15 is 0 Å². The summed E-state index contributed by atoms with van der Waals surface area (Å²) in [4.78, 5) is 17.7. The van der Waals surface area contributed by atoms with Crippen molar-refractivity contribution in [1.82, 2.24) is 10.3 Å². The van der Waals surface area contributed by atoms with Crippen LogP contribution >= 0.6 is 11.8 Å². The smallest absolute Gasteiger partial charge is 0.251 e. The van der Waals surface area contributed by atoms with Crippen LogP contribution in [0.1, 0.15) is 30.1 Å². The van der Waals surface area contributed by atoms with Crippen LogP contribution in [0.25, 0.3) is 11.5 Å². The van der Waals surface area contributed by atoms with Gasteiger partial charge in [0, 0.05) is 35.0 Å². The summed E-state index contributed by atoms with van der Waals surface area (Å²) in [6.45, 7) is 3.69. The molecule has 1 aromatic carbocycles. The molecule has 0 radical (unpaired) electrons. The van der Waals surface area contributed by atoms with Gasteiger partial charge in [-0.3, -0.25) is 4.79 Å². The molecule has 2 aromatic rings. The molecule has 116 valence electrons. The molecule has 2 N–H and O–H groups in total. The summed E-state index contributed by atoms with van der Waals surface area (Å²) >= 11 is 1.76. The molecule has 1 aliphatic heterocycles. The Morgan fingerprint density at radius 2 is 2.41 bits per heavy atom. The van der Waals surface area contributed by atoms with E-state index in [2.05, 4.69) is 22.5 Å². The lowest BCUT2D eigenvalue weighted by atomic mass is 10.1. The number of carbonyl (C=O) groups is 1. The van der Waals surface area contributed by atoms with Crippen LogP contribution in [-0.4, -0.2) is 29.7 Å². The lowest BCUT2D eigenvalue weighted by Gasteiger charge is -2.20. The molecule has 0 atom stereocenters. The van der Waals surface area contributed by atoms with Gasteiger partial charge >= 0.3 is 0 Å². The van der Waals surface area contributed by atoms with Crippen LogP contribution in [0, 0.1) is 0 Å². The maximum absolute atomic E-state index is 12.3. The number of amides is 1. The molecule has 1 amide bonds. The van der Waals surface area contributed by atoms with E-state index in [-0.39, 0.29) is 5.91 Å². The van der Waals surface area contributed by atoms with Crippen molar-refractivity contribution in [3.05, 3.63) is 30.2 Å². The number of nitrogens with zero attached hydrogens (tertiary/aromatic N) is 1. The molecule has 0 bridgehead atoms. The molecular weight excluding hydrogens is 298 g/mol. The zero-order valence-corrected chi connectivity index (χ0v) is 13.3. The molecular formula is C16H19N3O2S. The average Bonchev–Trinajstić information content (AvgIpc) is 3.08. The number of fused-ring (bicyclic) bond motifs is 1. The maximum Gasteiger partial charge on any atom is 0.251 e.